The van der Waals surface area contributed by atoms with E-state index in [0.717, 1.165) is 12.8 Å². The van der Waals surface area contributed by atoms with Gasteiger partial charge in [0.05, 0.1) is 6.61 Å². The number of H-pyrrole nitrogens is 1. The summed E-state index contributed by atoms with van der Waals surface area (Å²) in [6.45, 7) is 2.44. The lowest BCUT2D eigenvalue weighted by atomic mass is 10.1. The average Bonchev–Trinajstić information content (AvgIpc) is 2.54. The molecule has 0 amide bonds. The third-order valence-electron chi connectivity index (χ3n) is 3.16. The van der Waals surface area contributed by atoms with Crippen molar-refractivity contribution < 1.29 is 9.13 Å². The van der Waals surface area contributed by atoms with E-state index in [2.05, 4.69) is 9.97 Å². The first-order chi connectivity index (χ1) is 11.1. The molecule has 0 bridgehead atoms. The van der Waals surface area contributed by atoms with Crippen molar-refractivity contribution >= 4 is 11.8 Å². The highest BCUT2D eigenvalue weighted by Crippen LogP contribution is 2.31. The van der Waals surface area contributed by atoms with E-state index in [4.69, 9.17) is 4.74 Å². The highest BCUT2D eigenvalue weighted by Gasteiger charge is 2.17. The third kappa shape index (κ3) is 3.90. The summed E-state index contributed by atoms with van der Waals surface area (Å²) in [5.74, 6) is -0.172. The second-order valence-corrected chi connectivity index (χ2v) is 5.55. The molecule has 2 aromatic rings. The van der Waals surface area contributed by atoms with Crippen LogP contribution in [-0.2, 0) is 0 Å². The topological polar surface area (TPSA) is 78.8 Å². The molecule has 0 saturated heterocycles. The van der Waals surface area contributed by atoms with Gasteiger partial charge in [0.2, 0.25) is 0 Å². The van der Waals surface area contributed by atoms with Gasteiger partial charge in [-0.15, -0.1) is 0 Å². The maximum atomic E-state index is 13.5. The zero-order chi connectivity index (χ0) is 16.8. The van der Waals surface area contributed by atoms with Gasteiger partial charge in [-0.1, -0.05) is 25.1 Å². The monoisotopic (exact) mass is 333 g/mol. The first kappa shape index (κ1) is 17.0. The number of halogens is 1. The number of benzene rings is 1. The Morgan fingerprint density at radius 3 is 2.91 bits per heavy atom. The van der Waals surface area contributed by atoms with Crippen molar-refractivity contribution in [2.24, 2.45) is 0 Å². The van der Waals surface area contributed by atoms with Crippen LogP contribution in [0.2, 0.25) is 0 Å². The van der Waals surface area contributed by atoms with Crippen molar-refractivity contribution in [3.05, 3.63) is 39.9 Å². The van der Waals surface area contributed by atoms with Crippen molar-refractivity contribution in [3.8, 4) is 23.1 Å². The van der Waals surface area contributed by atoms with Gasteiger partial charge in [0.15, 0.2) is 5.16 Å². The SMILES string of the molecule is CCCCOc1cc(F)ccc1-c1nc(SC)[nH]c(=O)c1C#N. The number of thioether (sulfide) groups is 1. The highest BCUT2D eigenvalue weighted by molar-refractivity contribution is 7.98. The molecule has 0 radical (unpaired) electrons. The largest absolute Gasteiger partial charge is 0.493 e. The number of nitrogens with zero attached hydrogens (tertiary/aromatic N) is 2. The Labute approximate surface area is 137 Å². The fraction of sp³-hybridized carbons (Fsp3) is 0.312. The summed E-state index contributed by atoms with van der Waals surface area (Å²) in [5.41, 5.74) is -0.00650. The first-order valence-corrected chi connectivity index (χ1v) is 8.34. The summed E-state index contributed by atoms with van der Waals surface area (Å²) in [7, 11) is 0. The minimum Gasteiger partial charge on any atom is -0.493 e. The van der Waals surface area contributed by atoms with Crippen molar-refractivity contribution in [2.45, 2.75) is 24.9 Å². The zero-order valence-electron chi connectivity index (χ0n) is 12.9. The van der Waals surface area contributed by atoms with E-state index in [0.29, 0.717) is 17.3 Å². The van der Waals surface area contributed by atoms with Crippen LogP contribution in [0.5, 0.6) is 5.75 Å². The van der Waals surface area contributed by atoms with E-state index in [9.17, 15) is 14.4 Å². The Kier molecular flexibility index (Phi) is 5.77. The number of aromatic amines is 1. The van der Waals surface area contributed by atoms with Crippen LogP contribution in [0.1, 0.15) is 25.3 Å². The van der Waals surface area contributed by atoms with Crippen LogP contribution < -0.4 is 10.3 Å². The minimum atomic E-state index is -0.523. The predicted molar refractivity (Wildman–Crippen MR) is 87.2 cm³/mol. The first-order valence-electron chi connectivity index (χ1n) is 7.11. The van der Waals surface area contributed by atoms with Crippen LogP contribution in [0.25, 0.3) is 11.3 Å². The molecule has 0 saturated carbocycles. The van der Waals surface area contributed by atoms with Gasteiger partial charge < -0.3 is 9.72 Å². The average molecular weight is 333 g/mol. The molecule has 1 heterocycles. The second kappa shape index (κ2) is 7.79. The van der Waals surface area contributed by atoms with Gasteiger partial charge in [0.25, 0.3) is 5.56 Å². The quantitative estimate of drug-likeness (QED) is 0.498. The Hall–Kier alpha value is -2.33. The molecule has 23 heavy (non-hydrogen) atoms. The van der Waals surface area contributed by atoms with E-state index in [1.54, 1.807) is 6.26 Å². The van der Waals surface area contributed by atoms with Crippen molar-refractivity contribution in [1.29, 1.82) is 5.26 Å². The van der Waals surface area contributed by atoms with E-state index in [-0.39, 0.29) is 17.0 Å². The van der Waals surface area contributed by atoms with Crippen LogP contribution in [-0.4, -0.2) is 22.8 Å². The van der Waals surface area contributed by atoms with Crippen molar-refractivity contribution in [2.75, 3.05) is 12.9 Å². The molecule has 0 aliphatic carbocycles. The van der Waals surface area contributed by atoms with Crippen LogP contribution in [0.15, 0.2) is 28.2 Å². The molecule has 0 unspecified atom stereocenters. The maximum absolute atomic E-state index is 13.5. The number of hydrogen-bond acceptors (Lipinski definition) is 5. The van der Waals surface area contributed by atoms with Gasteiger partial charge >= 0.3 is 0 Å². The smallest absolute Gasteiger partial charge is 0.270 e. The van der Waals surface area contributed by atoms with Crippen LogP contribution in [0.4, 0.5) is 4.39 Å². The van der Waals surface area contributed by atoms with E-state index >= 15 is 0 Å². The van der Waals surface area contributed by atoms with Crippen LogP contribution in [0, 0.1) is 17.1 Å². The fourth-order valence-corrected chi connectivity index (χ4v) is 2.36. The lowest BCUT2D eigenvalue weighted by molar-refractivity contribution is 0.309. The number of unbranched alkanes of at least 4 members (excludes halogenated alkanes) is 1. The summed E-state index contributed by atoms with van der Waals surface area (Å²) in [4.78, 5) is 18.8. The molecule has 0 aliphatic heterocycles. The van der Waals surface area contributed by atoms with E-state index < -0.39 is 11.4 Å². The van der Waals surface area contributed by atoms with E-state index in [1.165, 1.54) is 30.0 Å². The Morgan fingerprint density at radius 1 is 1.48 bits per heavy atom. The molecular weight excluding hydrogens is 317 g/mol. The lowest BCUT2D eigenvalue weighted by Crippen LogP contribution is -2.15. The molecule has 0 fully saturated rings. The standard InChI is InChI=1S/C16H16FN3O2S/c1-3-4-7-22-13-8-10(17)5-6-11(13)14-12(9-18)15(21)20-16(19-14)23-2/h5-6,8H,3-4,7H2,1-2H3,(H,19,20,21). The molecule has 0 atom stereocenters. The molecule has 7 heteroatoms. The molecule has 1 aromatic carbocycles. The van der Waals surface area contributed by atoms with Gasteiger partial charge in [-0.2, -0.15) is 5.26 Å². The van der Waals surface area contributed by atoms with Crippen molar-refractivity contribution in [3.63, 3.8) is 0 Å². The molecular formula is C16H16FN3O2S. The van der Waals surface area contributed by atoms with Crippen LogP contribution in [0.3, 0.4) is 0 Å². The Balaban J connectivity index is 2.59. The molecule has 1 N–H and O–H groups in total. The third-order valence-corrected chi connectivity index (χ3v) is 3.74. The summed E-state index contributed by atoms with van der Waals surface area (Å²) in [6, 6.07) is 5.83. The number of rotatable bonds is 6. The molecule has 2 rings (SSSR count). The minimum absolute atomic E-state index is 0.116. The highest BCUT2D eigenvalue weighted by atomic mass is 32.2. The van der Waals surface area contributed by atoms with Crippen LogP contribution >= 0.6 is 11.8 Å². The predicted octanol–water partition coefficient (Wildman–Crippen LogP) is 3.35. The molecule has 0 aliphatic rings. The lowest BCUT2D eigenvalue weighted by Gasteiger charge is -2.12. The number of ether oxygens (including phenoxy) is 1. The summed E-state index contributed by atoms with van der Waals surface area (Å²) < 4.78 is 19.2. The van der Waals surface area contributed by atoms with Gasteiger partial charge in [0.1, 0.15) is 28.9 Å². The molecule has 120 valence electrons. The number of hydrogen-bond donors (Lipinski definition) is 1. The molecule has 5 nitrogen and oxygen atoms in total. The molecule has 0 spiro atoms. The zero-order valence-corrected chi connectivity index (χ0v) is 13.7. The summed E-state index contributed by atoms with van der Waals surface area (Å²) in [5, 5.41) is 9.63. The maximum Gasteiger partial charge on any atom is 0.270 e. The normalized spacial score (nSPS) is 10.3. The summed E-state index contributed by atoms with van der Waals surface area (Å²) in [6.07, 6.45) is 3.52. The molecule has 1 aromatic heterocycles. The fourth-order valence-electron chi connectivity index (χ4n) is 1.99. The number of nitrogens with one attached hydrogen (secondary N) is 1. The number of nitriles is 1. The van der Waals surface area contributed by atoms with Gasteiger partial charge in [-0.05, 0) is 24.8 Å². The van der Waals surface area contributed by atoms with E-state index in [1.807, 2.05) is 13.0 Å². The van der Waals surface area contributed by atoms with Gasteiger partial charge in [-0.3, -0.25) is 4.79 Å². The van der Waals surface area contributed by atoms with Gasteiger partial charge in [-0.25, -0.2) is 9.37 Å². The Bertz CT molecular complexity index is 799. The summed E-state index contributed by atoms with van der Waals surface area (Å²) >= 11 is 1.25. The number of aromatic nitrogens is 2. The second-order valence-electron chi connectivity index (χ2n) is 4.75. The van der Waals surface area contributed by atoms with Gasteiger partial charge in [0, 0.05) is 11.6 Å². The Morgan fingerprint density at radius 2 is 2.26 bits per heavy atom. The van der Waals surface area contributed by atoms with Crippen molar-refractivity contribution in [1.82, 2.24) is 9.97 Å².